The average molecular weight is 324 g/mol. The molecular weight excluding hydrogens is 302 g/mol. The third-order valence-electron chi connectivity index (χ3n) is 4.97. The fourth-order valence-electron chi connectivity index (χ4n) is 3.66. The summed E-state index contributed by atoms with van der Waals surface area (Å²) in [6.45, 7) is 0.602. The predicted molar refractivity (Wildman–Crippen MR) is 82.3 cm³/mol. The topological polar surface area (TPSA) is 52.6 Å². The Morgan fingerprint density at radius 3 is 2.61 bits per heavy atom. The second-order valence-electron chi connectivity index (χ2n) is 6.48. The number of fused-ring (bicyclic) bond motifs is 1. The molecule has 4 nitrogen and oxygen atoms in total. The molecular formula is C17H22F2N2O2. The summed E-state index contributed by atoms with van der Waals surface area (Å²) in [5, 5.41) is 12.4. The molecule has 1 saturated carbocycles. The highest BCUT2D eigenvalue weighted by Gasteiger charge is 2.34. The van der Waals surface area contributed by atoms with E-state index in [1.807, 2.05) is 6.07 Å². The van der Waals surface area contributed by atoms with Gasteiger partial charge in [0.1, 0.15) is 5.75 Å². The van der Waals surface area contributed by atoms with E-state index in [1.54, 1.807) is 12.1 Å². The molecule has 1 aromatic carbocycles. The van der Waals surface area contributed by atoms with Crippen LogP contribution in [0.3, 0.4) is 0 Å². The minimum Gasteiger partial charge on any atom is -0.508 e. The Labute approximate surface area is 134 Å². The summed E-state index contributed by atoms with van der Waals surface area (Å²) in [5.74, 6) is 0.00145. The molecule has 2 aliphatic rings. The number of nitrogens with zero attached hydrogens (tertiary/aromatic N) is 1. The van der Waals surface area contributed by atoms with Gasteiger partial charge in [-0.3, -0.25) is 0 Å². The van der Waals surface area contributed by atoms with Crippen LogP contribution in [0.1, 0.15) is 43.2 Å². The number of benzene rings is 1. The number of hydrogen-bond acceptors (Lipinski definition) is 2. The van der Waals surface area contributed by atoms with Gasteiger partial charge in [-0.2, -0.15) is 0 Å². The van der Waals surface area contributed by atoms with E-state index in [0.29, 0.717) is 12.1 Å². The Hall–Kier alpha value is -1.85. The third kappa shape index (κ3) is 3.41. The molecule has 1 aliphatic carbocycles. The molecule has 1 fully saturated rings. The summed E-state index contributed by atoms with van der Waals surface area (Å²) in [6, 6.07) is 3.58. The largest absolute Gasteiger partial charge is 0.508 e. The lowest BCUT2D eigenvalue weighted by molar-refractivity contribution is 0.0584. The van der Waals surface area contributed by atoms with E-state index >= 15 is 0 Å². The summed E-state index contributed by atoms with van der Waals surface area (Å²) in [6.07, 6.45) is 1.92. The summed E-state index contributed by atoms with van der Waals surface area (Å²) in [5.41, 5.74) is 1.57. The monoisotopic (exact) mass is 324 g/mol. The number of halogens is 2. The maximum Gasteiger partial charge on any atom is 0.318 e. The normalized spacial score (nSPS) is 19.7. The van der Waals surface area contributed by atoms with E-state index in [4.69, 9.17) is 0 Å². The minimum atomic E-state index is -2.56. The molecule has 0 aromatic heterocycles. The Bertz CT molecular complexity index is 574. The van der Waals surface area contributed by atoms with Gasteiger partial charge in [-0.25, -0.2) is 13.6 Å². The molecule has 0 spiro atoms. The zero-order chi connectivity index (χ0) is 16.4. The van der Waals surface area contributed by atoms with Crippen molar-refractivity contribution in [2.24, 2.45) is 5.92 Å². The van der Waals surface area contributed by atoms with Crippen LogP contribution in [0.4, 0.5) is 13.6 Å². The number of rotatable bonds is 3. The Kier molecular flexibility index (Phi) is 4.68. The van der Waals surface area contributed by atoms with E-state index in [0.717, 1.165) is 37.7 Å². The molecule has 1 aromatic rings. The molecule has 2 amide bonds. The zero-order valence-corrected chi connectivity index (χ0v) is 13.0. The van der Waals surface area contributed by atoms with Gasteiger partial charge in [0.15, 0.2) is 0 Å². The highest BCUT2D eigenvalue weighted by Crippen LogP contribution is 2.31. The standard InChI is InChI=1S/C17H22F2N2O2/c18-16(19)15(11-5-2-1-3-6-11)20-17(23)21-9-12-7-4-8-14(22)13(12)10-21/h4,7-8,11,15-16,22H,1-3,5-6,9-10H2,(H,20,23). The molecule has 2 N–H and O–H groups in total. The number of hydrogen-bond donors (Lipinski definition) is 2. The van der Waals surface area contributed by atoms with E-state index in [1.165, 1.54) is 4.90 Å². The molecule has 0 bridgehead atoms. The molecule has 1 aliphatic heterocycles. The molecule has 126 valence electrons. The van der Waals surface area contributed by atoms with Crippen molar-refractivity contribution in [3.05, 3.63) is 29.3 Å². The van der Waals surface area contributed by atoms with Gasteiger partial charge in [0, 0.05) is 12.1 Å². The first-order chi connectivity index (χ1) is 11.1. The highest BCUT2D eigenvalue weighted by atomic mass is 19.3. The van der Waals surface area contributed by atoms with Gasteiger partial charge in [0.2, 0.25) is 0 Å². The van der Waals surface area contributed by atoms with Crippen LogP contribution in [-0.4, -0.2) is 28.5 Å². The van der Waals surface area contributed by atoms with Gasteiger partial charge in [-0.1, -0.05) is 31.4 Å². The van der Waals surface area contributed by atoms with Crippen LogP contribution in [0.25, 0.3) is 0 Å². The van der Waals surface area contributed by atoms with Crippen molar-refractivity contribution in [3.8, 4) is 5.75 Å². The van der Waals surface area contributed by atoms with Crippen molar-refractivity contribution in [2.75, 3.05) is 0 Å². The van der Waals surface area contributed by atoms with Crippen LogP contribution in [-0.2, 0) is 13.1 Å². The maximum atomic E-state index is 13.4. The van der Waals surface area contributed by atoms with Crippen LogP contribution < -0.4 is 5.32 Å². The first-order valence-corrected chi connectivity index (χ1v) is 8.19. The van der Waals surface area contributed by atoms with Gasteiger partial charge in [0.25, 0.3) is 6.43 Å². The third-order valence-corrected chi connectivity index (χ3v) is 4.97. The number of phenolic OH excluding ortho intramolecular Hbond substituents is 1. The molecule has 1 heterocycles. The van der Waals surface area contributed by atoms with Crippen LogP contribution in [0.5, 0.6) is 5.75 Å². The second kappa shape index (κ2) is 6.72. The SMILES string of the molecule is O=C(NC(C(F)F)C1CCCCC1)N1Cc2cccc(O)c2C1. The van der Waals surface area contributed by atoms with Crippen molar-refractivity contribution >= 4 is 6.03 Å². The first-order valence-electron chi connectivity index (χ1n) is 8.19. The van der Waals surface area contributed by atoms with Crippen molar-refractivity contribution in [3.63, 3.8) is 0 Å². The molecule has 0 radical (unpaired) electrons. The van der Waals surface area contributed by atoms with E-state index < -0.39 is 18.5 Å². The summed E-state index contributed by atoms with van der Waals surface area (Å²) >= 11 is 0. The zero-order valence-electron chi connectivity index (χ0n) is 13.0. The second-order valence-corrected chi connectivity index (χ2v) is 6.48. The van der Waals surface area contributed by atoms with Gasteiger partial charge in [-0.15, -0.1) is 0 Å². The fraction of sp³-hybridized carbons (Fsp3) is 0.588. The summed E-state index contributed by atoms with van der Waals surface area (Å²) in [7, 11) is 0. The van der Waals surface area contributed by atoms with Crippen molar-refractivity contribution < 1.29 is 18.7 Å². The Balaban J connectivity index is 1.65. The van der Waals surface area contributed by atoms with E-state index in [2.05, 4.69) is 5.32 Å². The average Bonchev–Trinajstić information content (AvgIpc) is 2.99. The summed E-state index contributed by atoms with van der Waals surface area (Å²) < 4.78 is 26.8. The van der Waals surface area contributed by atoms with Crippen LogP contribution in [0.2, 0.25) is 0 Å². The summed E-state index contributed by atoms with van der Waals surface area (Å²) in [4.78, 5) is 13.9. The number of alkyl halides is 2. The molecule has 1 unspecified atom stereocenters. The molecule has 23 heavy (non-hydrogen) atoms. The Morgan fingerprint density at radius 2 is 1.96 bits per heavy atom. The van der Waals surface area contributed by atoms with Crippen LogP contribution >= 0.6 is 0 Å². The van der Waals surface area contributed by atoms with E-state index in [9.17, 15) is 18.7 Å². The Morgan fingerprint density at radius 1 is 1.22 bits per heavy atom. The van der Waals surface area contributed by atoms with Crippen molar-refractivity contribution in [1.82, 2.24) is 10.2 Å². The van der Waals surface area contributed by atoms with Gasteiger partial charge >= 0.3 is 6.03 Å². The molecule has 6 heteroatoms. The highest BCUT2D eigenvalue weighted by molar-refractivity contribution is 5.75. The number of carbonyl (C=O) groups is 1. The molecule has 1 atom stereocenters. The first kappa shape index (κ1) is 16.0. The van der Waals surface area contributed by atoms with Crippen LogP contribution in [0.15, 0.2) is 18.2 Å². The van der Waals surface area contributed by atoms with E-state index in [-0.39, 0.29) is 18.2 Å². The quantitative estimate of drug-likeness (QED) is 0.892. The number of phenols is 1. The van der Waals surface area contributed by atoms with Crippen LogP contribution in [0, 0.1) is 5.92 Å². The lowest BCUT2D eigenvalue weighted by Gasteiger charge is -2.31. The van der Waals surface area contributed by atoms with Gasteiger partial charge < -0.3 is 15.3 Å². The maximum absolute atomic E-state index is 13.4. The smallest absolute Gasteiger partial charge is 0.318 e. The molecule has 0 saturated heterocycles. The number of aromatic hydroxyl groups is 1. The number of nitrogens with one attached hydrogen (secondary N) is 1. The van der Waals surface area contributed by atoms with Crippen molar-refractivity contribution in [1.29, 1.82) is 0 Å². The van der Waals surface area contributed by atoms with Crippen molar-refractivity contribution in [2.45, 2.75) is 57.7 Å². The lowest BCUT2D eigenvalue weighted by Crippen LogP contribution is -2.49. The lowest BCUT2D eigenvalue weighted by atomic mass is 9.84. The number of amides is 2. The van der Waals surface area contributed by atoms with Gasteiger partial charge in [0.05, 0.1) is 12.6 Å². The predicted octanol–water partition coefficient (Wildman–Crippen LogP) is 3.63. The minimum absolute atomic E-state index is 0.147. The number of carbonyl (C=O) groups excluding carboxylic acids is 1. The number of urea groups is 1. The van der Waals surface area contributed by atoms with Gasteiger partial charge in [-0.05, 0) is 30.4 Å². The molecule has 3 rings (SSSR count). The fourth-order valence-corrected chi connectivity index (χ4v) is 3.66.